The third-order valence-corrected chi connectivity index (χ3v) is 1.83. The molecule has 0 amide bonds. The normalized spacial score (nSPS) is 12.6. The number of hydrogen-bond donors (Lipinski definition) is 2. The molecule has 3 N–H and O–H groups in total. The molecule has 0 aliphatic heterocycles. The minimum Gasteiger partial charge on any atom is -0.494 e. The van der Waals surface area contributed by atoms with Crippen LogP contribution >= 0.6 is 0 Å². The Morgan fingerprint density at radius 1 is 1.50 bits per heavy atom. The molecular weight excluding hydrogens is 185 g/mol. The molecule has 0 aromatic heterocycles. The van der Waals surface area contributed by atoms with Crippen molar-refractivity contribution in [2.75, 3.05) is 13.2 Å². The number of halogens is 1. The summed E-state index contributed by atoms with van der Waals surface area (Å²) in [5, 5.41) is 8.81. The van der Waals surface area contributed by atoms with Gasteiger partial charge in [0.05, 0.1) is 19.3 Å². The Labute approximate surface area is 82.3 Å². The van der Waals surface area contributed by atoms with Crippen LogP contribution in [0.5, 0.6) is 5.75 Å². The Hall–Kier alpha value is -1.13. The number of aliphatic hydroxyl groups is 1. The molecule has 14 heavy (non-hydrogen) atoms. The third kappa shape index (κ3) is 2.68. The SMILES string of the molecule is CCOc1cc(F)cc([C@H](N)CO)c1. The zero-order chi connectivity index (χ0) is 10.6. The second-order valence-electron chi connectivity index (χ2n) is 2.94. The highest BCUT2D eigenvalue weighted by atomic mass is 19.1. The van der Waals surface area contributed by atoms with Gasteiger partial charge in [0.1, 0.15) is 11.6 Å². The van der Waals surface area contributed by atoms with Crippen LogP contribution in [-0.2, 0) is 0 Å². The van der Waals surface area contributed by atoms with Gasteiger partial charge < -0.3 is 15.6 Å². The summed E-state index contributed by atoms with van der Waals surface area (Å²) >= 11 is 0. The Kier molecular flexibility index (Phi) is 3.85. The molecule has 0 unspecified atom stereocenters. The van der Waals surface area contributed by atoms with Crippen molar-refractivity contribution in [2.24, 2.45) is 5.73 Å². The van der Waals surface area contributed by atoms with Crippen LogP contribution in [0.25, 0.3) is 0 Å². The standard InChI is InChI=1S/C10H14FNO2/c1-2-14-9-4-7(10(12)6-13)3-8(11)5-9/h3-5,10,13H,2,6,12H2,1H3/t10-/m1/s1. The fourth-order valence-electron chi connectivity index (χ4n) is 1.15. The summed E-state index contributed by atoms with van der Waals surface area (Å²) < 4.78 is 18.2. The van der Waals surface area contributed by atoms with E-state index in [1.165, 1.54) is 12.1 Å². The molecule has 0 aliphatic rings. The van der Waals surface area contributed by atoms with Gasteiger partial charge in [0, 0.05) is 6.07 Å². The van der Waals surface area contributed by atoms with E-state index in [0.717, 1.165) is 0 Å². The van der Waals surface area contributed by atoms with Gasteiger partial charge in [-0.05, 0) is 24.6 Å². The van der Waals surface area contributed by atoms with Crippen molar-refractivity contribution in [2.45, 2.75) is 13.0 Å². The van der Waals surface area contributed by atoms with E-state index >= 15 is 0 Å². The van der Waals surface area contributed by atoms with Crippen molar-refractivity contribution >= 4 is 0 Å². The highest BCUT2D eigenvalue weighted by Crippen LogP contribution is 2.20. The predicted octanol–water partition coefficient (Wildman–Crippen LogP) is 1.22. The molecular formula is C10H14FNO2. The fourth-order valence-corrected chi connectivity index (χ4v) is 1.15. The Morgan fingerprint density at radius 2 is 2.21 bits per heavy atom. The zero-order valence-electron chi connectivity index (χ0n) is 8.03. The molecule has 0 aliphatic carbocycles. The van der Waals surface area contributed by atoms with Crippen LogP contribution in [0.3, 0.4) is 0 Å². The number of aliphatic hydroxyl groups excluding tert-OH is 1. The van der Waals surface area contributed by atoms with Gasteiger partial charge in [-0.25, -0.2) is 4.39 Å². The van der Waals surface area contributed by atoms with E-state index in [-0.39, 0.29) is 6.61 Å². The smallest absolute Gasteiger partial charge is 0.127 e. The summed E-state index contributed by atoms with van der Waals surface area (Å²) in [4.78, 5) is 0. The lowest BCUT2D eigenvalue weighted by Crippen LogP contribution is -2.14. The van der Waals surface area contributed by atoms with Gasteiger partial charge in [0.15, 0.2) is 0 Å². The highest BCUT2D eigenvalue weighted by Gasteiger charge is 2.08. The maximum Gasteiger partial charge on any atom is 0.127 e. The van der Waals surface area contributed by atoms with Gasteiger partial charge in [0.25, 0.3) is 0 Å². The van der Waals surface area contributed by atoms with Gasteiger partial charge >= 0.3 is 0 Å². The molecule has 1 rings (SSSR count). The van der Waals surface area contributed by atoms with E-state index < -0.39 is 11.9 Å². The van der Waals surface area contributed by atoms with Crippen LogP contribution in [0.4, 0.5) is 4.39 Å². The topological polar surface area (TPSA) is 55.5 Å². The van der Waals surface area contributed by atoms with E-state index in [1.807, 2.05) is 6.92 Å². The quantitative estimate of drug-likeness (QED) is 0.766. The molecule has 78 valence electrons. The minimum absolute atomic E-state index is 0.213. The lowest BCUT2D eigenvalue weighted by molar-refractivity contribution is 0.267. The highest BCUT2D eigenvalue weighted by molar-refractivity contribution is 5.31. The number of nitrogens with two attached hydrogens (primary N) is 1. The molecule has 0 saturated heterocycles. The molecule has 0 radical (unpaired) electrons. The van der Waals surface area contributed by atoms with E-state index in [0.29, 0.717) is 17.9 Å². The van der Waals surface area contributed by atoms with E-state index in [2.05, 4.69) is 0 Å². The average molecular weight is 199 g/mol. The molecule has 0 bridgehead atoms. The molecule has 1 aromatic carbocycles. The van der Waals surface area contributed by atoms with Crippen LogP contribution < -0.4 is 10.5 Å². The predicted molar refractivity (Wildman–Crippen MR) is 51.6 cm³/mol. The molecule has 3 nitrogen and oxygen atoms in total. The Balaban J connectivity index is 2.94. The van der Waals surface area contributed by atoms with E-state index in [1.54, 1.807) is 6.07 Å². The fraction of sp³-hybridized carbons (Fsp3) is 0.400. The van der Waals surface area contributed by atoms with Crippen molar-refractivity contribution < 1.29 is 14.2 Å². The number of rotatable bonds is 4. The molecule has 1 aromatic rings. The molecule has 0 saturated carbocycles. The summed E-state index contributed by atoms with van der Waals surface area (Å²) in [7, 11) is 0. The largest absolute Gasteiger partial charge is 0.494 e. The summed E-state index contributed by atoms with van der Waals surface area (Å²) in [5.41, 5.74) is 6.09. The van der Waals surface area contributed by atoms with Crippen molar-refractivity contribution in [1.82, 2.24) is 0 Å². The number of benzene rings is 1. The second-order valence-corrected chi connectivity index (χ2v) is 2.94. The summed E-state index contributed by atoms with van der Waals surface area (Å²) in [6.45, 7) is 2.07. The van der Waals surface area contributed by atoms with Crippen LogP contribution in [0.2, 0.25) is 0 Å². The number of ether oxygens (including phenoxy) is 1. The first-order valence-electron chi connectivity index (χ1n) is 4.47. The second kappa shape index (κ2) is 4.93. The molecule has 0 heterocycles. The maximum atomic E-state index is 13.0. The summed E-state index contributed by atoms with van der Waals surface area (Å²) in [6, 6.07) is 3.65. The molecule has 0 spiro atoms. The van der Waals surface area contributed by atoms with Crippen molar-refractivity contribution in [3.8, 4) is 5.75 Å². The third-order valence-electron chi connectivity index (χ3n) is 1.83. The maximum absolute atomic E-state index is 13.0. The van der Waals surface area contributed by atoms with Gasteiger partial charge in [-0.3, -0.25) is 0 Å². The summed E-state index contributed by atoms with van der Waals surface area (Å²) in [5.74, 6) is 0.0289. The monoisotopic (exact) mass is 199 g/mol. The van der Waals surface area contributed by atoms with Crippen molar-refractivity contribution in [1.29, 1.82) is 0 Å². The first-order valence-corrected chi connectivity index (χ1v) is 4.47. The van der Waals surface area contributed by atoms with E-state index in [9.17, 15) is 4.39 Å². The Bertz CT molecular complexity index is 304. The lowest BCUT2D eigenvalue weighted by atomic mass is 10.1. The lowest BCUT2D eigenvalue weighted by Gasteiger charge is -2.11. The minimum atomic E-state index is -0.565. The van der Waals surface area contributed by atoms with Crippen LogP contribution in [-0.4, -0.2) is 18.3 Å². The Morgan fingerprint density at radius 3 is 2.79 bits per heavy atom. The van der Waals surface area contributed by atoms with Gasteiger partial charge in [-0.1, -0.05) is 0 Å². The van der Waals surface area contributed by atoms with Gasteiger partial charge in [-0.2, -0.15) is 0 Å². The van der Waals surface area contributed by atoms with Gasteiger partial charge in [-0.15, -0.1) is 0 Å². The molecule has 0 fully saturated rings. The average Bonchev–Trinajstić information content (AvgIpc) is 2.16. The summed E-state index contributed by atoms with van der Waals surface area (Å²) in [6.07, 6.45) is 0. The molecule has 4 heteroatoms. The van der Waals surface area contributed by atoms with Crippen LogP contribution in [0, 0.1) is 5.82 Å². The van der Waals surface area contributed by atoms with Crippen LogP contribution in [0.15, 0.2) is 18.2 Å². The zero-order valence-corrected chi connectivity index (χ0v) is 8.03. The van der Waals surface area contributed by atoms with Gasteiger partial charge in [0.2, 0.25) is 0 Å². The van der Waals surface area contributed by atoms with Crippen molar-refractivity contribution in [3.63, 3.8) is 0 Å². The first-order chi connectivity index (χ1) is 6.67. The van der Waals surface area contributed by atoms with Crippen molar-refractivity contribution in [3.05, 3.63) is 29.6 Å². The van der Waals surface area contributed by atoms with E-state index in [4.69, 9.17) is 15.6 Å². The number of hydrogen-bond acceptors (Lipinski definition) is 3. The molecule has 1 atom stereocenters. The van der Waals surface area contributed by atoms with Crippen LogP contribution in [0.1, 0.15) is 18.5 Å². The first kappa shape index (κ1) is 10.9.